The minimum Gasteiger partial charge on any atom is -0.388 e. The SMILES string of the molecule is C=C(c1cc(C)ccc1NC)N1CCCCC1c1cc2nc(N3CCC3)cc(N3CCNCC3)n2n1. The van der Waals surface area contributed by atoms with Crippen molar-refractivity contribution in [3.05, 3.63) is 53.7 Å². The summed E-state index contributed by atoms with van der Waals surface area (Å²) in [5, 5.41) is 12.1. The van der Waals surface area contributed by atoms with Crippen molar-refractivity contribution in [1.29, 1.82) is 0 Å². The van der Waals surface area contributed by atoms with Crippen LogP contribution in [0.3, 0.4) is 0 Å². The molecule has 0 bridgehead atoms. The van der Waals surface area contributed by atoms with Gasteiger partial charge in [-0.3, -0.25) is 0 Å². The van der Waals surface area contributed by atoms with Gasteiger partial charge in [0.25, 0.3) is 0 Å². The lowest BCUT2D eigenvalue weighted by Crippen LogP contribution is -2.44. The number of benzene rings is 1. The van der Waals surface area contributed by atoms with Gasteiger partial charge in [-0.05, 0) is 44.7 Å². The molecule has 3 aliphatic rings. The Morgan fingerprint density at radius 3 is 2.58 bits per heavy atom. The normalized spacial score (nSPS) is 20.5. The lowest BCUT2D eigenvalue weighted by molar-refractivity contribution is 0.226. The molecule has 0 amide bonds. The van der Waals surface area contributed by atoms with E-state index >= 15 is 0 Å². The van der Waals surface area contributed by atoms with Crippen molar-refractivity contribution in [3.8, 4) is 0 Å². The summed E-state index contributed by atoms with van der Waals surface area (Å²) in [4.78, 5) is 12.4. The van der Waals surface area contributed by atoms with Crippen LogP contribution in [0.15, 0.2) is 36.9 Å². The van der Waals surface area contributed by atoms with Crippen molar-refractivity contribution in [2.75, 3.05) is 68.0 Å². The van der Waals surface area contributed by atoms with Gasteiger partial charge in [0.05, 0.1) is 11.7 Å². The van der Waals surface area contributed by atoms with E-state index in [2.05, 4.69) is 73.7 Å². The molecule has 5 heterocycles. The smallest absolute Gasteiger partial charge is 0.160 e. The van der Waals surface area contributed by atoms with Crippen LogP contribution in [0.25, 0.3) is 11.3 Å². The third-order valence-electron chi connectivity index (χ3n) is 7.98. The van der Waals surface area contributed by atoms with Crippen molar-refractivity contribution in [2.45, 2.75) is 38.6 Å². The summed E-state index contributed by atoms with van der Waals surface area (Å²) < 4.78 is 2.09. The zero-order valence-electron chi connectivity index (χ0n) is 21.6. The van der Waals surface area contributed by atoms with Gasteiger partial charge < -0.3 is 25.3 Å². The van der Waals surface area contributed by atoms with E-state index in [-0.39, 0.29) is 6.04 Å². The van der Waals surface area contributed by atoms with Crippen LogP contribution in [0.4, 0.5) is 17.3 Å². The number of piperidine rings is 1. The number of anilines is 3. The summed E-state index contributed by atoms with van der Waals surface area (Å²) in [7, 11) is 1.98. The molecule has 1 atom stereocenters. The predicted molar refractivity (Wildman–Crippen MR) is 148 cm³/mol. The van der Waals surface area contributed by atoms with Crippen molar-refractivity contribution in [3.63, 3.8) is 0 Å². The van der Waals surface area contributed by atoms with Crippen LogP contribution < -0.4 is 20.4 Å². The molecule has 2 N–H and O–H groups in total. The maximum Gasteiger partial charge on any atom is 0.160 e. The number of hydrogen-bond acceptors (Lipinski definition) is 7. The average molecular weight is 487 g/mol. The number of rotatable bonds is 6. The third kappa shape index (κ3) is 4.17. The van der Waals surface area contributed by atoms with Gasteiger partial charge in [-0.15, -0.1) is 0 Å². The molecule has 3 fully saturated rings. The molecule has 0 radical (unpaired) electrons. The zero-order chi connectivity index (χ0) is 24.6. The van der Waals surface area contributed by atoms with Gasteiger partial charge in [-0.1, -0.05) is 18.2 Å². The molecule has 6 rings (SSSR count). The molecule has 36 heavy (non-hydrogen) atoms. The topological polar surface area (TPSA) is 64.0 Å². The van der Waals surface area contributed by atoms with Crippen LogP contribution >= 0.6 is 0 Å². The van der Waals surface area contributed by atoms with Gasteiger partial charge in [0, 0.05) is 81.9 Å². The molecule has 3 saturated heterocycles. The van der Waals surface area contributed by atoms with E-state index in [4.69, 9.17) is 10.1 Å². The van der Waals surface area contributed by atoms with Crippen LogP contribution in [-0.2, 0) is 0 Å². The Bertz CT molecular complexity index is 1250. The molecule has 1 unspecified atom stereocenters. The standard InChI is InChI=1S/C28H38N8/c1-20-8-9-23(29-3)22(17-20)21(2)35-14-5-4-7-25(35)24-18-27-31-26(33-12-6-13-33)19-28(36(27)32-24)34-15-10-30-11-16-34/h8-9,17-19,25,29-30H,2,4-7,10-16H2,1,3H3. The van der Waals surface area contributed by atoms with Crippen LogP contribution in [0.5, 0.6) is 0 Å². The van der Waals surface area contributed by atoms with Gasteiger partial charge in [0.2, 0.25) is 0 Å². The van der Waals surface area contributed by atoms with Crippen LogP contribution in [-0.4, -0.2) is 72.4 Å². The summed E-state index contributed by atoms with van der Waals surface area (Å²) >= 11 is 0. The number of fused-ring (bicyclic) bond motifs is 1. The Kier molecular flexibility index (Phi) is 6.21. The Hall–Kier alpha value is -3.26. The number of nitrogens with one attached hydrogen (secondary N) is 2. The Morgan fingerprint density at radius 1 is 1.00 bits per heavy atom. The van der Waals surface area contributed by atoms with Gasteiger partial charge in [-0.2, -0.15) is 9.61 Å². The highest BCUT2D eigenvalue weighted by Gasteiger charge is 2.30. The van der Waals surface area contributed by atoms with E-state index in [1.54, 1.807) is 0 Å². The van der Waals surface area contributed by atoms with E-state index in [0.29, 0.717) is 0 Å². The van der Waals surface area contributed by atoms with Crippen LogP contribution in [0, 0.1) is 6.92 Å². The van der Waals surface area contributed by atoms with Gasteiger partial charge in [-0.25, -0.2) is 4.98 Å². The van der Waals surface area contributed by atoms with Crippen molar-refractivity contribution in [1.82, 2.24) is 24.8 Å². The number of aryl methyl sites for hydroxylation is 1. The molecule has 3 aliphatic heterocycles. The molecule has 2 aromatic heterocycles. The fourth-order valence-electron chi connectivity index (χ4n) is 5.78. The third-order valence-corrected chi connectivity index (χ3v) is 7.98. The fraction of sp³-hybridized carbons (Fsp3) is 0.500. The van der Waals surface area contributed by atoms with Crippen LogP contribution in [0.2, 0.25) is 0 Å². The molecule has 0 saturated carbocycles. The zero-order valence-corrected chi connectivity index (χ0v) is 21.6. The number of piperazine rings is 1. The Labute approximate surface area is 214 Å². The maximum absolute atomic E-state index is 5.22. The van der Waals surface area contributed by atoms with Crippen molar-refractivity contribution in [2.24, 2.45) is 0 Å². The number of aromatic nitrogens is 3. The minimum absolute atomic E-state index is 0.196. The second-order valence-corrected chi connectivity index (χ2v) is 10.3. The molecular weight excluding hydrogens is 448 g/mol. The first-order valence-corrected chi connectivity index (χ1v) is 13.5. The minimum atomic E-state index is 0.196. The highest BCUT2D eigenvalue weighted by atomic mass is 15.4. The van der Waals surface area contributed by atoms with Gasteiger partial charge in [0.1, 0.15) is 11.6 Å². The Balaban J connectivity index is 1.39. The quantitative estimate of drug-likeness (QED) is 0.548. The molecule has 0 aliphatic carbocycles. The summed E-state index contributed by atoms with van der Waals surface area (Å²) in [5.74, 6) is 2.24. The highest BCUT2D eigenvalue weighted by molar-refractivity contribution is 5.75. The summed E-state index contributed by atoms with van der Waals surface area (Å²) in [6, 6.07) is 11.2. The van der Waals surface area contributed by atoms with E-state index < -0.39 is 0 Å². The second kappa shape index (κ2) is 9.65. The number of nitrogens with zero attached hydrogens (tertiary/aromatic N) is 6. The molecule has 1 aromatic carbocycles. The molecule has 8 nitrogen and oxygen atoms in total. The number of hydrogen-bond donors (Lipinski definition) is 2. The lowest BCUT2D eigenvalue weighted by atomic mass is 9.96. The number of likely N-dealkylation sites (tertiary alicyclic amines) is 1. The van der Waals surface area contributed by atoms with Crippen LogP contribution in [0.1, 0.15) is 48.5 Å². The van der Waals surface area contributed by atoms with Crippen molar-refractivity contribution >= 4 is 28.7 Å². The van der Waals surface area contributed by atoms with E-state index in [1.165, 1.54) is 30.4 Å². The first-order chi connectivity index (χ1) is 17.6. The molecular formula is C28H38N8. The predicted octanol–water partition coefficient (Wildman–Crippen LogP) is 3.90. The van der Waals surface area contributed by atoms with E-state index in [0.717, 1.165) is 86.6 Å². The molecule has 8 heteroatoms. The summed E-state index contributed by atoms with van der Waals surface area (Å²) in [6.07, 6.45) is 4.69. The first-order valence-electron chi connectivity index (χ1n) is 13.5. The monoisotopic (exact) mass is 486 g/mol. The summed E-state index contributed by atoms with van der Waals surface area (Å²) in [6.45, 7) is 13.9. The fourth-order valence-corrected chi connectivity index (χ4v) is 5.78. The molecule has 3 aromatic rings. The van der Waals surface area contributed by atoms with E-state index in [9.17, 15) is 0 Å². The van der Waals surface area contributed by atoms with Gasteiger partial charge >= 0.3 is 0 Å². The lowest BCUT2D eigenvalue weighted by Gasteiger charge is -2.38. The summed E-state index contributed by atoms with van der Waals surface area (Å²) in [5.41, 5.74) is 6.65. The molecule has 0 spiro atoms. The Morgan fingerprint density at radius 2 is 1.83 bits per heavy atom. The average Bonchev–Trinajstić information content (AvgIpc) is 3.31. The van der Waals surface area contributed by atoms with Gasteiger partial charge in [0.15, 0.2) is 5.65 Å². The first kappa shape index (κ1) is 23.2. The largest absolute Gasteiger partial charge is 0.388 e. The van der Waals surface area contributed by atoms with E-state index in [1.807, 2.05) is 7.05 Å². The second-order valence-electron chi connectivity index (χ2n) is 10.3. The molecule has 190 valence electrons. The maximum atomic E-state index is 5.22. The highest BCUT2D eigenvalue weighted by Crippen LogP contribution is 2.39. The van der Waals surface area contributed by atoms with Crippen molar-refractivity contribution < 1.29 is 0 Å².